The van der Waals surface area contributed by atoms with Crippen molar-refractivity contribution in [1.82, 2.24) is 5.32 Å². The molecule has 4 aromatic rings. The van der Waals surface area contributed by atoms with Crippen LogP contribution in [0.25, 0.3) is 0 Å². The first-order valence-corrected chi connectivity index (χ1v) is 15.3. The highest BCUT2D eigenvalue weighted by molar-refractivity contribution is 6.15. The Morgan fingerprint density at radius 3 is 2.15 bits per heavy atom. The Morgan fingerprint density at radius 2 is 1.61 bits per heavy atom. The molecule has 1 heterocycles. The van der Waals surface area contributed by atoms with Crippen LogP contribution in [0, 0.1) is 6.92 Å². The number of carbonyl (C=O) groups is 2. The maximum absolute atomic E-state index is 13.2. The SMILES string of the molecule is C=C(C(C)NC=O)N(C(=O)c1ccccc1C)c1ccc(OCC)cc1.CCl.FC(F)(F)c1ccc(CCc2cccc[nH+]2)cc1. The van der Waals surface area contributed by atoms with Gasteiger partial charge in [-0.05, 0) is 80.8 Å². The molecule has 1 atom stereocenters. The number of aryl methyl sites for hydroxylation is 3. The molecule has 0 radical (unpaired) electrons. The highest BCUT2D eigenvalue weighted by Gasteiger charge is 2.30. The fourth-order valence-electron chi connectivity index (χ4n) is 4.32. The van der Waals surface area contributed by atoms with Crippen LogP contribution < -0.4 is 19.9 Å². The summed E-state index contributed by atoms with van der Waals surface area (Å²) in [5.41, 5.74) is 3.97. The lowest BCUT2D eigenvalue weighted by Crippen LogP contribution is -2.39. The van der Waals surface area contributed by atoms with E-state index in [0.717, 1.165) is 47.5 Å². The first kappa shape index (κ1) is 37.6. The van der Waals surface area contributed by atoms with Crippen LogP contribution in [-0.2, 0) is 23.8 Å². The van der Waals surface area contributed by atoms with Crippen LogP contribution >= 0.6 is 11.6 Å². The number of carbonyl (C=O) groups excluding carboxylic acids is 2. The number of nitrogens with one attached hydrogen (secondary N) is 2. The fourth-order valence-corrected chi connectivity index (χ4v) is 4.32. The largest absolute Gasteiger partial charge is 0.494 e. The average Bonchev–Trinajstić information content (AvgIpc) is 3.06. The third-order valence-corrected chi connectivity index (χ3v) is 6.83. The van der Waals surface area contributed by atoms with Crippen molar-refractivity contribution in [2.45, 2.75) is 45.8 Å². The highest BCUT2D eigenvalue weighted by atomic mass is 35.5. The summed E-state index contributed by atoms with van der Waals surface area (Å²) in [5.74, 6) is 0.529. The molecule has 0 spiro atoms. The molecule has 4 rings (SSSR count). The summed E-state index contributed by atoms with van der Waals surface area (Å²) in [6.45, 7) is 10.2. The van der Waals surface area contributed by atoms with Gasteiger partial charge in [-0.15, -0.1) is 11.6 Å². The van der Waals surface area contributed by atoms with Crippen molar-refractivity contribution in [3.05, 3.63) is 137 Å². The number of H-pyrrole nitrogens is 1. The number of aromatic nitrogens is 1. The Morgan fingerprint density at radius 1 is 0.978 bits per heavy atom. The van der Waals surface area contributed by atoms with Gasteiger partial charge in [0.15, 0.2) is 11.9 Å². The zero-order chi connectivity index (χ0) is 34.1. The minimum Gasteiger partial charge on any atom is -0.494 e. The molecule has 10 heteroatoms. The molecule has 46 heavy (non-hydrogen) atoms. The van der Waals surface area contributed by atoms with Gasteiger partial charge in [-0.3, -0.25) is 14.5 Å². The van der Waals surface area contributed by atoms with Gasteiger partial charge in [0.1, 0.15) is 5.75 Å². The van der Waals surface area contributed by atoms with Gasteiger partial charge in [0.2, 0.25) is 6.41 Å². The van der Waals surface area contributed by atoms with E-state index in [0.29, 0.717) is 30.0 Å². The van der Waals surface area contributed by atoms with Crippen LogP contribution in [0.2, 0.25) is 0 Å². The zero-order valence-corrected chi connectivity index (χ0v) is 27.2. The number of pyridine rings is 1. The van der Waals surface area contributed by atoms with Gasteiger partial charge in [0, 0.05) is 41.9 Å². The van der Waals surface area contributed by atoms with Crippen molar-refractivity contribution < 1.29 is 32.5 Å². The molecular formula is C36H40ClF3N3O3+. The van der Waals surface area contributed by atoms with E-state index in [-0.39, 0.29) is 5.91 Å². The number of benzene rings is 3. The number of ether oxygens (including phenoxy) is 1. The average molecular weight is 655 g/mol. The molecule has 0 saturated carbocycles. The van der Waals surface area contributed by atoms with E-state index >= 15 is 0 Å². The van der Waals surface area contributed by atoms with Crippen molar-refractivity contribution in [2.75, 3.05) is 17.9 Å². The minimum atomic E-state index is -4.26. The van der Waals surface area contributed by atoms with Gasteiger partial charge in [0.05, 0.1) is 18.2 Å². The van der Waals surface area contributed by atoms with E-state index in [2.05, 4.69) is 28.5 Å². The summed E-state index contributed by atoms with van der Waals surface area (Å²) in [4.78, 5) is 28.7. The molecule has 2 amide bonds. The Balaban J connectivity index is 0.000000321. The van der Waals surface area contributed by atoms with Crippen molar-refractivity contribution in [3.63, 3.8) is 0 Å². The first-order chi connectivity index (χ1) is 22.0. The van der Waals surface area contributed by atoms with Gasteiger partial charge in [-0.25, -0.2) is 4.98 Å². The van der Waals surface area contributed by atoms with E-state index in [9.17, 15) is 22.8 Å². The molecule has 0 fully saturated rings. The number of rotatable bonds is 11. The van der Waals surface area contributed by atoms with Crippen LogP contribution in [0.5, 0.6) is 5.75 Å². The first-order valence-electron chi connectivity index (χ1n) is 14.6. The van der Waals surface area contributed by atoms with E-state index < -0.39 is 17.8 Å². The predicted molar refractivity (Wildman–Crippen MR) is 177 cm³/mol. The van der Waals surface area contributed by atoms with Crippen molar-refractivity contribution in [1.29, 1.82) is 0 Å². The number of hydrogen-bond donors (Lipinski definition) is 1. The smallest absolute Gasteiger partial charge is 0.416 e. The Bertz CT molecular complexity index is 1510. The molecule has 244 valence electrons. The summed E-state index contributed by atoms with van der Waals surface area (Å²) in [6, 6.07) is 25.3. The third-order valence-electron chi connectivity index (χ3n) is 6.83. The highest BCUT2D eigenvalue weighted by Crippen LogP contribution is 2.29. The molecule has 0 bridgehead atoms. The van der Waals surface area contributed by atoms with Crippen molar-refractivity contribution in [3.8, 4) is 5.75 Å². The zero-order valence-electron chi connectivity index (χ0n) is 26.4. The maximum Gasteiger partial charge on any atom is 0.416 e. The number of alkyl halides is 4. The van der Waals surface area contributed by atoms with Crippen molar-refractivity contribution >= 4 is 29.6 Å². The molecule has 1 unspecified atom stereocenters. The van der Waals surface area contributed by atoms with E-state index in [1.165, 1.54) is 23.4 Å². The van der Waals surface area contributed by atoms with Gasteiger partial charge in [0.25, 0.3) is 5.91 Å². The molecular weight excluding hydrogens is 615 g/mol. The second kappa shape index (κ2) is 19.0. The number of anilines is 1. The summed E-state index contributed by atoms with van der Waals surface area (Å²) in [7, 11) is 0. The number of amides is 2. The lowest BCUT2D eigenvalue weighted by atomic mass is 10.1. The predicted octanol–water partition coefficient (Wildman–Crippen LogP) is 7.85. The lowest BCUT2D eigenvalue weighted by molar-refractivity contribution is -0.390. The molecule has 2 N–H and O–H groups in total. The van der Waals surface area contributed by atoms with Crippen LogP contribution in [-0.4, -0.2) is 31.3 Å². The standard InChI is InChI=1S/C21H24N2O3.C14H12F3N.CH3Cl/c1-5-26-19-12-10-18(11-13-19)23(17(4)16(3)22-14-24)21(25)20-9-7-6-8-15(20)2;15-14(16,17)12-7-4-11(5-8-12)6-9-13-3-1-2-10-18-13;1-2/h6-14,16H,4-5H2,1-3H3,(H,22,24);1-5,7-8,10H,6,9H2;1H3/p+1. The fraction of sp³-hybridized carbons (Fsp3) is 0.250. The summed E-state index contributed by atoms with van der Waals surface area (Å²) in [5, 5.41) is 2.65. The van der Waals surface area contributed by atoms with Crippen molar-refractivity contribution in [2.24, 2.45) is 0 Å². The van der Waals surface area contributed by atoms with Gasteiger partial charge in [-0.1, -0.05) is 43.0 Å². The molecule has 0 aliphatic heterocycles. The number of nitrogens with zero attached hydrogens (tertiary/aromatic N) is 1. The molecule has 1 aromatic heterocycles. The van der Waals surface area contributed by atoms with Crippen LogP contribution in [0.3, 0.4) is 0 Å². The number of aromatic amines is 1. The summed E-state index contributed by atoms with van der Waals surface area (Å²) >= 11 is 4.64. The molecule has 6 nitrogen and oxygen atoms in total. The van der Waals surface area contributed by atoms with Gasteiger partial charge in [-0.2, -0.15) is 13.2 Å². The van der Waals surface area contributed by atoms with Gasteiger partial charge < -0.3 is 10.1 Å². The minimum absolute atomic E-state index is 0.197. The Labute approximate surface area is 273 Å². The van der Waals surface area contributed by atoms with E-state index in [1.807, 2.05) is 68.6 Å². The Kier molecular flexibility index (Phi) is 15.5. The monoisotopic (exact) mass is 654 g/mol. The quantitative estimate of drug-likeness (QED) is 0.132. The Hall–Kier alpha value is -4.63. The molecule has 0 aliphatic rings. The molecule has 3 aromatic carbocycles. The van der Waals surface area contributed by atoms with E-state index in [1.54, 1.807) is 25.1 Å². The second-order valence-electron chi connectivity index (χ2n) is 9.96. The van der Waals surface area contributed by atoms with Crippen LogP contribution in [0.1, 0.15) is 46.6 Å². The molecule has 0 aliphatic carbocycles. The summed E-state index contributed by atoms with van der Waals surface area (Å²) in [6.07, 6.45) is 1.16. The molecule has 0 saturated heterocycles. The second-order valence-corrected chi connectivity index (χ2v) is 9.96. The third kappa shape index (κ3) is 11.4. The number of halogens is 4. The van der Waals surface area contributed by atoms with E-state index in [4.69, 9.17) is 4.74 Å². The topological polar surface area (TPSA) is 72.8 Å². The normalized spacial score (nSPS) is 11.0. The van der Waals surface area contributed by atoms with Gasteiger partial charge >= 0.3 is 6.18 Å². The summed E-state index contributed by atoms with van der Waals surface area (Å²) < 4.78 is 42.6. The lowest BCUT2D eigenvalue weighted by Gasteiger charge is -2.29. The van der Waals surface area contributed by atoms with Crippen LogP contribution in [0.15, 0.2) is 109 Å². The maximum atomic E-state index is 13.2. The number of hydrogen-bond acceptors (Lipinski definition) is 3. The van der Waals surface area contributed by atoms with Crippen LogP contribution in [0.4, 0.5) is 18.9 Å².